The monoisotopic (exact) mass is 357 g/mol. The Morgan fingerprint density at radius 1 is 1.43 bits per heavy atom. The summed E-state index contributed by atoms with van der Waals surface area (Å²) in [6.07, 6.45) is -0.453. The van der Waals surface area contributed by atoms with Gasteiger partial charge in [0.05, 0.1) is 6.42 Å². The molecule has 1 aromatic carbocycles. The number of amides is 3. The summed E-state index contributed by atoms with van der Waals surface area (Å²) in [7, 11) is 1.53. The van der Waals surface area contributed by atoms with Crippen molar-refractivity contribution in [1.29, 1.82) is 0 Å². The first-order valence-corrected chi connectivity index (χ1v) is 6.86. The molecule has 8 heteroatoms. The molecule has 0 unspecified atom stereocenters. The lowest BCUT2D eigenvalue weighted by Crippen LogP contribution is -2.48. The van der Waals surface area contributed by atoms with Gasteiger partial charge in [0.1, 0.15) is 6.04 Å². The van der Waals surface area contributed by atoms with Crippen molar-refractivity contribution in [3.8, 4) is 0 Å². The summed E-state index contributed by atoms with van der Waals surface area (Å²) < 4.78 is 0.881. The van der Waals surface area contributed by atoms with Crippen molar-refractivity contribution in [2.45, 2.75) is 19.0 Å². The molecule has 0 radical (unpaired) electrons. The van der Waals surface area contributed by atoms with Gasteiger partial charge in [-0.3, -0.25) is 4.79 Å². The standard InChI is InChI=1S/C13H16BrN3O4/c1-17(7-8-3-2-4-9(14)5-8)13(21)16-10(12(19)20)6-11(15)18/h2-5,10H,6-7H2,1H3,(H2,15,18)(H,16,21)(H,19,20)/t10-/m0/s1. The first-order valence-electron chi connectivity index (χ1n) is 6.06. The minimum Gasteiger partial charge on any atom is -0.480 e. The van der Waals surface area contributed by atoms with Crippen LogP contribution >= 0.6 is 15.9 Å². The molecule has 0 saturated heterocycles. The topological polar surface area (TPSA) is 113 Å². The zero-order valence-corrected chi connectivity index (χ0v) is 13.0. The molecule has 0 aliphatic heterocycles. The zero-order chi connectivity index (χ0) is 16.0. The van der Waals surface area contributed by atoms with Crippen LogP contribution in [0.3, 0.4) is 0 Å². The number of carbonyl (C=O) groups excluding carboxylic acids is 2. The van der Waals surface area contributed by atoms with Crippen molar-refractivity contribution in [2.24, 2.45) is 5.73 Å². The molecule has 114 valence electrons. The predicted octanol–water partition coefficient (Wildman–Crippen LogP) is 0.919. The Bertz CT molecular complexity index is 550. The first kappa shape index (κ1) is 17.0. The second-order valence-electron chi connectivity index (χ2n) is 4.50. The lowest BCUT2D eigenvalue weighted by atomic mass is 10.2. The third kappa shape index (κ3) is 5.82. The number of nitrogens with two attached hydrogens (primary N) is 1. The van der Waals surface area contributed by atoms with Gasteiger partial charge in [-0.15, -0.1) is 0 Å². The van der Waals surface area contributed by atoms with E-state index in [-0.39, 0.29) is 0 Å². The zero-order valence-electron chi connectivity index (χ0n) is 11.4. The van der Waals surface area contributed by atoms with E-state index in [4.69, 9.17) is 10.8 Å². The average molecular weight is 358 g/mol. The molecule has 0 spiro atoms. The van der Waals surface area contributed by atoms with E-state index in [1.165, 1.54) is 11.9 Å². The molecule has 0 bridgehead atoms. The number of halogens is 1. The van der Waals surface area contributed by atoms with E-state index < -0.39 is 30.4 Å². The van der Waals surface area contributed by atoms with Crippen molar-refractivity contribution in [1.82, 2.24) is 10.2 Å². The van der Waals surface area contributed by atoms with Crippen molar-refractivity contribution in [2.75, 3.05) is 7.05 Å². The molecule has 0 heterocycles. The van der Waals surface area contributed by atoms with Gasteiger partial charge in [-0.05, 0) is 17.7 Å². The Balaban J connectivity index is 2.64. The van der Waals surface area contributed by atoms with E-state index in [2.05, 4.69) is 21.2 Å². The largest absolute Gasteiger partial charge is 0.480 e. The summed E-state index contributed by atoms with van der Waals surface area (Å²) in [6.45, 7) is 0.300. The molecular weight excluding hydrogens is 342 g/mol. The number of hydrogen-bond acceptors (Lipinski definition) is 3. The highest BCUT2D eigenvalue weighted by molar-refractivity contribution is 9.10. The van der Waals surface area contributed by atoms with Gasteiger partial charge in [-0.25, -0.2) is 9.59 Å². The molecule has 1 aromatic rings. The molecule has 0 fully saturated rings. The summed E-state index contributed by atoms with van der Waals surface area (Å²) in [5, 5.41) is 11.2. The maximum absolute atomic E-state index is 11.9. The van der Waals surface area contributed by atoms with Crippen LogP contribution in [0.25, 0.3) is 0 Å². The molecule has 1 atom stereocenters. The van der Waals surface area contributed by atoms with E-state index in [0.29, 0.717) is 6.54 Å². The average Bonchev–Trinajstić information content (AvgIpc) is 2.37. The molecule has 7 nitrogen and oxygen atoms in total. The molecule has 21 heavy (non-hydrogen) atoms. The lowest BCUT2D eigenvalue weighted by Gasteiger charge is -2.21. The van der Waals surface area contributed by atoms with Gasteiger partial charge in [0.2, 0.25) is 5.91 Å². The number of rotatable bonds is 6. The van der Waals surface area contributed by atoms with Crippen molar-refractivity contribution in [3.63, 3.8) is 0 Å². The Labute approximate surface area is 130 Å². The number of nitrogens with zero attached hydrogens (tertiary/aromatic N) is 1. The smallest absolute Gasteiger partial charge is 0.326 e. The molecular formula is C13H16BrN3O4. The summed E-state index contributed by atoms with van der Waals surface area (Å²) in [5.41, 5.74) is 5.83. The molecule has 0 saturated carbocycles. The third-order valence-electron chi connectivity index (χ3n) is 2.66. The molecule has 0 aliphatic carbocycles. The number of carbonyl (C=O) groups is 3. The van der Waals surface area contributed by atoms with Gasteiger partial charge in [0, 0.05) is 18.1 Å². The Hall–Kier alpha value is -2.09. The van der Waals surface area contributed by atoms with Crippen molar-refractivity contribution < 1.29 is 19.5 Å². The number of benzene rings is 1. The van der Waals surface area contributed by atoms with Crippen molar-refractivity contribution >= 4 is 33.8 Å². The fourth-order valence-corrected chi connectivity index (χ4v) is 2.09. The number of carboxylic acids is 1. The maximum Gasteiger partial charge on any atom is 0.326 e. The molecule has 4 N–H and O–H groups in total. The number of urea groups is 1. The Kier molecular flexibility index (Phi) is 6.16. The summed E-state index contributed by atoms with van der Waals surface area (Å²) in [6, 6.07) is 5.45. The van der Waals surface area contributed by atoms with Gasteiger partial charge < -0.3 is 21.1 Å². The van der Waals surface area contributed by atoms with E-state index in [1.807, 2.05) is 24.3 Å². The highest BCUT2D eigenvalue weighted by Crippen LogP contribution is 2.13. The van der Waals surface area contributed by atoms with Crippen molar-refractivity contribution in [3.05, 3.63) is 34.3 Å². The summed E-state index contributed by atoms with van der Waals surface area (Å²) >= 11 is 3.33. The van der Waals surface area contributed by atoms with Crippen LogP contribution in [-0.2, 0) is 16.1 Å². The number of carboxylic acid groups (broad SMARTS) is 1. The SMILES string of the molecule is CN(Cc1cccc(Br)c1)C(=O)N[C@@H](CC(N)=O)C(=O)O. The normalized spacial score (nSPS) is 11.5. The van der Waals surface area contributed by atoms with Crippen LogP contribution in [0.2, 0.25) is 0 Å². The van der Waals surface area contributed by atoms with E-state index in [1.54, 1.807) is 0 Å². The van der Waals surface area contributed by atoms with Crippen LogP contribution < -0.4 is 11.1 Å². The maximum atomic E-state index is 11.9. The first-order chi connectivity index (χ1) is 9.79. The van der Waals surface area contributed by atoms with Gasteiger partial charge >= 0.3 is 12.0 Å². The lowest BCUT2D eigenvalue weighted by molar-refractivity contribution is -0.140. The number of primary amides is 1. The fraction of sp³-hybridized carbons (Fsp3) is 0.308. The van der Waals surface area contributed by atoms with Crippen LogP contribution in [0.1, 0.15) is 12.0 Å². The molecule has 3 amide bonds. The summed E-state index contributed by atoms with van der Waals surface area (Å²) in [5.74, 6) is -2.10. The van der Waals surface area contributed by atoms with Gasteiger partial charge in [-0.2, -0.15) is 0 Å². The van der Waals surface area contributed by atoms with E-state index in [9.17, 15) is 14.4 Å². The van der Waals surface area contributed by atoms with Crippen LogP contribution in [0.5, 0.6) is 0 Å². The highest BCUT2D eigenvalue weighted by atomic mass is 79.9. The van der Waals surface area contributed by atoms with Gasteiger partial charge in [0.15, 0.2) is 0 Å². The highest BCUT2D eigenvalue weighted by Gasteiger charge is 2.23. The summed E-state index contributed by atoms with van der Waals surface area (Å²) in [4.78, 5) is 35.0. The van der Waals surface area contributed by atoms with E-state index in [0.717, 1.165) is 10.0 Å². The minimum absolute atomic E-state index is 0.300. The van der Waals surface area contributed by atoms with Crippen LogP contribution in [0.4, 0.5) is 4.79 Å². The van der Waals surface area contributed by atoms with E-state index >= 15 is 0 Å². The fourth-order valence-electron chi connectivity index (χ4n) is 1.64. The molecule has 1 rings (SSSR count). The Morgan fingerprint density at radius 3 is 2.62 bits per heavy atom. The van der Waals surface area contributed by atoms with Crippen LogP contribution in [0, 0.1) is 0 Å². The number of hydrogen-bond donors (Lipinski definition) is 3. The number of aliphatic carboxylic acids is 1. The molecule has 0 aromatic heterocycles. The third-order valence-corrected chi connectivity index (χ3v) is 3.15. The van der Waals surface area contributed by atoms with Crippen LogP contribution in [0.15, 0.2) is 28.7 Å². The van der Waals surface area contributed by atoms with Gasteiger partial charge in [-0.1, -0.05) is 28.1 Å². The second-order valence-corrected chi connectivity index (χ2v) is 5.41. The minimum atomic E-state index is -1.33. The molecule has 0 aliphatic rings. The number of nitrogens with one attached hydrogen (secondary N) is 1. The quantitative estimate of drug-likeness (QED) is 0.702. The van der Waals surface area contributed by atoms with Crippen LogP contribution in [-0.4, -0.2) is 41.0 Å². The van der Waals surface area contributed by atoms with Gasteiger partial charge in [0.25, 0.3) is 0 Å². The predicted molar refractivity (Wildman–Crippen MR) is 79.4 cm³/mol. The Morgan fingerprint density at radius 2 is 2.10 bits per heavy atom. The second kappa shape index (κ2) is 7.63.